The van der Waals surface area contributed by atoms with Gasteiger partial charge in [0.2, 0.25) is 5.91 Å². The average molecular weight is 418 g/mol. The predicted octanol–water partition coefficient (Wildman–Crippen LogP) is 2.49. The van der Waals surface area contributed by atoms with E-state index < -0.39 is 9.84 Å². The van der Waals surface area contributed by atoms with Gasteiger partial charge in [-0.05, 0) is 38.3 Å². The lowest BCUT2D eigenvalue weighted by molar-refractivity contribution is -0.133. The van der Waals surface area contributed by atoms with Crippen LogP contribution in [0.3, 0.4) is 0 Å². The minimum atomic E-state index is -2.86. The highest BCUT2D eigenvalue weighted by molar-refractivity contribution is 7.91. The topological polar surface area (TPSA) is 62.6 Å². The molecule has 3 heterocycles. The van der Waals surface area contributed by atoms with Gasteiger partial charge < -0.3 is 9.47 Å². The van der Waals surface area contributed by atoms with E-state index in [4.69, 9.17) is 0 Å². The molecule has 1 aromatic heterocycles. The third-order valence-electron chi connectivity index (χ3n) is 6.38. The van der Waals surface area contributed by atoms with Crippen LogP contribution >= 0.6 is 0 Å². The summed E-state index contributed by atoms with van der Waals surface area (Å²) in [4.78, 5) is 17.0. The van der Waals surface area contributed by atoms with Gasteiger partial charge in [-0.1, -0.05) is 18.2 Å². The summed E-state index contributed by atoms with van der Waals surface area (Å²) < 4.78 is 25.7. The Morgan fingerprint density at radius 2 is 1.86 bits per heavy atom. The second-order valence-corrected chi connectivity index (χ2v) is 10.9. The maximum Gasteiger partial charge on any atom is 0.222 e. The molecule has 7 heteroatoms. The van der Waals surface area contributed by atoms with Crippen LogP contribution in [0.2, 0.25) is 0 Å². The Morgan fingerprint density at radius 3 is 2.52 bits per heavy atom. The maximum absolute atomic E-state index is 12.8. The number of aryl methyl sites for hydroxylation is 1. The largest absolute Gasteiger partial charge is 0.345 e. The van der Waals surface area contributed by atoms with Crippen molar-refractivity contribution >= 4 is 26.6 Å². The standard InChI is InChI=1S/C22H31N3O3S/c1-17(2)25-15-18(20-5-3-4-6-21(20)25)7-8-22(26)24-12-10-23(11-13-24)19-9-14-29(27,28)16-19/h3-6,15,17,19H,7-14,16H2,1-2H3/t19-/m1/s1. The van der Waals surface area contributed by atoms with Crippen molar-refractivity contribution in [3.63, 3.8) is 0 Å². The molecular formula is C22H31N3O3S. The lowest BCUT2D eigenvalue weighted by Gasteiger charge is -2.37. The molecule has 158 valence electrons. The van der Waals surface area contributed by atoms with E-state index in [0.717, 1.165) is 25.9 Å². The zero-order chi connectivity index (χ0) is 20.6. The Morgan fingerprint density at radius 1 is 1.14 bits per heavy atom. The van der Waals surface area contributed by atoms with E-state index in [0.29, 0.717) is 31.3 Å². The second-order valence-electron chi connectivity index (χ2n) is 8.65. The first-order valence-electron chi connectivity index (χ1n) is 10.6. The number of carbonyl (C=O) groups is 1. The number of carbonyl (C=O) groups excluding carboxylic acids is 1. The minimum absolute atomic E-state index is 0.138. The molecule has 0 aliphatic carbocycles. The van der Waals surface area contributed by atoms with Crippen molar-refractivity contribution in [2.24, 2.45) is 0 Å². The van der Waals surface area contributed by atoms with Crippen LogP contribution < -0.4 is 0 Å². The fraction of sp³-hybridized carbons (Fsp3) is 0.591. The molecule has 0 unspecified atom stereocenters. The molecule has 0 N–H and O–H groups in total. The molecule has 2 aromatic rings. The first kappa shape index (κ1) is 20.4. The third-order valence-corrected chi connectivity index (χ3v) is 8.13. The van der Waals surface area contributed by atoms with Gasteiger partial charge in [0.15, 0.2) is 9.84 Å². The molecule has 2 saturated heterocycles. The smallest absolute Gasteiger partial charge is 0.222 e. The highest BCUT2D eigenvalue weighted by Gasteiger charge is 2.34. The van der Waals surface area contributed by atoms with Gasteiger partial charge in [0.25, 0.3) is 0 Å². The predicted molar refractivity (Wildman–Crippen MR) is 116 cm³/mol. The number of hydrogen-bond donors (Lipinski definition) is 0. The Kier molecular flexibility index (Phi) is 5.71. The monoisotopic (exact) mass is 417 g/mol. The van der Waals surface area contributed by atoms with E-state index in [9.17, 15) is 13.2 Å². The molecule has 1 amide bonds. The third kappa shape index (κ3) is 4.36. The average Bonchev–Trinajstić information content (AvgIpc) is 3.26. The van der Waals surface area contributed by atoms with Crippen molar-refractivity contribution in [2.45, 2.75) is 45.2 Å². The maximum atomic E-state index is 12.8. The van der Waals surface area contributed by atoms with Gasteiger partial charge in [0, 0.05) is 61.8 Å². The molecule has 2 fully saturated rings. The van der Waals surface area contributed by atoms with Gasteiger partial charge in [0.1, 0.15) is 0 Å². The number of piperazine rings is 1. The lowest BCUT2D eigenvalue weighted by atomic mass is 10.1. The van der Waals surface area contributed by atoms with Crippen LogP contribution in [0.5, 0.6) is 0 Å². The first-order valence-corrected chi connectivity index (χ1v) is 12.5. The van der Waals surface area contributed by atoms with Crippen LogP contribution in [0.15, 0.2) is 30.5 Å². The molecule has 6 nitrogen and oxygen atoms in total. The Balaban J connectivity index is 1.34. The van der Waals surface area contributed by atoms with Crippen molar-refractivity contribution in [2.75, 3.05) is 37.7 Å². The van der Waals surface area contributed by atoms with Crippen LogP contribution in [0.4, 0.5) is 0 Å². The van der Waals surface area contributed by atoms with Crippen molar-refractivity contribution in [1.82, 2.24) is 14.4 Å². The van der Waals surface area contributed by atoms with Gasteiger partial charge in [-0.3, -0.25) is 9.69 Å². The number of nitrogens with zero attached hydrogens (tertiary/aromatic N) is 3. The van der Waals surface area contributed by atoms with Crippen molar-refractivity contribution in [3.8, 4) is 0 Å². The number of sulfone groups is 1. The summed E-state index contributed by atoms with van der Waals surface area (Å²) in [7, 11) is -2.86. The van der Waals surface area contributed by atoms with E-state index in [1.165, 1.54) is 16.5 Å². The number of amides is 1. The van der Waals surface area contributed by atoms with Crippen LogP contribution in [-0.4, -0.2) is 72.4 Å². The molecule has 1 atom stereocenters. The van der Waals surface area contributed by atoms with Gasteiger partial charge in [-0.2, -0.15) is 0 Å². The molecule has 0 bridgehead atoms. The second kappa shape index (κ2) is 8.11. The fourth-order valence-corrected chi connectivity index (χ4v) is 6.46. The zero-order valence-electron chi connectivity index (χ0n) is 17.4. The summed E-state index contributed by atoms with van der Waals surface area (Å²) in [5.74, 6) is 0.784. The van der Waals surface area contributed by atoms with E-state index in [1.807, 2.05) is 4.90 Å². The number of benzene rings is 1. The number of hydrogen-bond acceptors (Lipinski definition) is 4. The zero-order valence-corrected chi connectivity index (χ0v) is 18.2. The molecule has 4 rings (SSSR count). The van der Waals surface area contributed by atoms with Crippen LogP contribution in [0.1, 0.15) is 38.3 Å². The highest BCUT2D eigenvalue weighted by Crippen LogP contribution is 2.26. The van der Waals surface area contributed by atoms with E-state index >= 15 is 0 Å². The number of aromatic nitrogens is 1. The summed E-state index contributed by atoms with van der Waals surface area (Å²) >= 11 is 0. The molecule has 29 heavy (non-hydrogen) atoms. The Hall–Kier alpha value is -1.86. The van der Waals surface area contributed by atoms with Crippen LogP contribution in [0.25, 0.3) is 10.9 Å². The highest BCUT2D eigenvalue weighted by atomic mass is 32.2. The van der Waals surface area contributed by atoms with Gasteiger partial charge >= 0.3 is 0 Å². The Labute approximate surface area is 173 Å². The van der Waals surface area contributed by atoms with Crippen molar-refractivity contribution in [3.05, 3.63) is 36.0 Å². The molecule has 2 aliphatic rings. The fourth-order valence-electron chi connectivity index (χ4n) is 4.70. The normalized spacial score (nSPS) is 22.6. The molecule has 0 spiro atoms. The van der Waals surface area contributed by atoms with Gasteiger partial charge in [-0.25, -0.2) is 8.42 Å². The first-order chi connectivity index (χ1) is 13.8. The van der Waals surface area contributed by atoms with E-state index in [-0.39, 0.29) is 17.7 Å². The summed E-state index contributed by atoms with van der Waals surface area (Å²) in [5.41, 5.74) is 2.46. The van der Waals surface area contributed by atoms with Crippen LogP contribution in [-0.2, 0) is 21.1 Å². The molecule has 0 saturated carbocycles. The molecular weight excluding hydrogens is 386 g/mol. The number of para-hydroxylation sites is 1. The molecule has 2 aliphatic heterocycles. The van der Waals surface area contributed by atoms with Gasteiger partial charge in [-0.15, -0.1) is 0 Å². The van der Waals surface area contributed by atoms with E-state index in [1.54, 1.807) is 0 Å². The lowest BCUT2D eigenvalue weighted by Crippen LogP contribution is -2.52. The summed E-state index contributed by atoms with van der Waals surface area (Å²) in [6.45, 7) is 7.30. The molecule has 0 radical (unpaired) electrons. The van der Waals surface area contributed by atoms with Crippen LogP contribution in [0, 0.1) is 0 Å². The summed E-state index contributed by atoms with van der Waals surface area (Å²) in [5, 5.41) is 1.24. The Bertz CT molecular complexity index is 988. The number of rotatable bonds is 5. The quantitative estimate of drug-likeness (QED) is 0.750. The summed E-state index contributed by atoms with van der Waals surface area (Å²) in [6, 6.07) is 8.92. The SMILES string of the molecule is CC(C)n1cc(CCC(=O)N2CCN([C@@H]3CCS(=O)(=O)C3)CC2)c2ccccc21. The minimum Gasteiger partial charge on any atom is -0.345 e. The van der Waals surface area contributed by atoms with Crippen molar-refractivity contribution in [1.29, 1.82) is 0 Å². The number of fused-ring (bicyclic) bond motifs is 1. The van der Waals surface area contributed by atoms with Crippen molar-refractivity contribution < 1.29 is 13.2 Å². The summed E-state index contributed by atoms with van der Waals surface area (Å²) in [6.07, 6.45) is 4.20. The van der Waals surface area contributed by atoms with E-state index in [2.05, 4.69) is 53.8 Å². The molecule has 1 aromatic carbocycles. The van der Waals surface area contributed by atoms with Gasteiger partial charge in [0.05, 0.1) is 11.5 Å².